The Morgan fingerprint density at radius 1 is 0.515 bits per heavy atom. The molecule has 0 aliphatic heterocycles. The monoisotopic (exact) mass is 970 g/mol. The first-order valence-corrected chi connectivity index (χ1v) is 22.6. The molecule has 2 unspecified atom stereocenters. The third-order valence-electron chi connectivity index (χ3n) is 10.1. The van der Waals surface area contributed by atoms with Gasteiger partial charge in [0.1, 0.15) is 11.4 Å². The maximum Gasteiger partial charge on any atom is 0.258 e. The molecule has 0 bridgehead atoms. The Morgan fingerprint density at radius 3 is 1.20 bits per heavy atom. The van der Waals surface area contributed by atoms with E-state index in [9.17, 15) is 28.8 Å². The molecular weight excluding hydrogens is 926 g/mol. The van der Waals surface area contributed by atoms with Crippen molar-refractivity contribution in [2.75, 3.05) is 33.0 Å². The molecule has 4 N–H and O–H groups in total. The summed E-state index contributed by atoms with van der Waals surface area (Å²) >= 11 is 24.4. The summed E-state index contributed by atoms with van der Waals surface area (Å²) in [5, 5.41) is 27.7. The SMILES string of the molecule is CCc1c(NC(=O)C(N=Nc2cc(C(=O)Nc3ccc(CCCl)cc3)ccc2Cl)C(C)=O)ccc(NC(=O)C(N=Nc2cc(C(=O)Nc3ccc(CCCl)cc3)ccc2Cl)C(C)=O)c1CC. The number of hydrogen-bond acceptors (Lipinski definition) is 10. The Balaban J connectivity index is 1.29. The molecule has 342 valence electrons. The second-order valence-electron chi connectivity index (χ2n) is 14.8. The van der Waals surface area contributed by atoms with E-state index in [1.54, 1.807) is 36.4 Å². The fraction of sp³-hybridized carbons (Fsp3) is 0.250. The van der Waals surface area contributed by atoms with Crippen LogP contribution in [0.5, 0.6) is 0 Å². The largest absolute Gasteiger partial charge is 0.323 e. The molecule has 5 aromatic rings. The van der Waals surface area contributed by atoms with Crippen LogP contribution in [0.15, 0.2) is 118 Å². The van der Waals surface area contributed by atoms with Crippen molar-refractivity contribution in [2.24, 2.45) is 20.5 Å². The fourth-order valence-corrected chi connectivity index (χ4v) is 7.36. The van der Waals surface area contributed by atoms with Gasteiger partial charge in [-0.1, -0.05) is 61.3 Å². The second kappa shape index (κ2) is 24.3. The Bertz CT molecular complexity index is 2490. The molecule has 0 aromatic heterocycles. The summed E-state index contributed by atoms with van der Waals surface area (Å²) in [4.78, 5) is 78.9. The van der Waals surface area contributed by atoms with E-state index in [2.05, 4.69) is 41.7 Å². The van der Waals surface area contributed by atoms with Gasteiger partial charge in [0.25, 0.3) is 23.6 Å². The third kappa shape index (κ3) is 13.6. The lowest BCUT2D eigenvalue weighted by Gasteiger charge is -2.20. The van der Waals surface area contributed by atoms with Gasteiger partial charge in [-0.05, 0) is 135 Å². The molecule has 66 heavy (non-hydrogen) atoms. The standard InChI is InChI=1S/C48H46Cl4N8O6/c1-5-35-36(6-2)40(56-48(66)44(28(4)62)60-58-42-26-32(12-18-38(42)52)46(64)54-34-15-9-30(10-16-34)22-24-50)20-19-39(35)55-47(65)43(27(3)61)59-57-41-25-31(11-17-37(41)51)45(63)53-33-13-7-29(8-14-33)21-23-49/h7-20,25-26,43-44H,5-6,21-24H2,1-4H3,(H,53,63)(H,54,64)(H,55,65)(H,56,66). The average Bonchev–Trinajstić information content (AvgIpc) is 3.29. The molecule has 2 atom stereocenters. The zero-order chi connectivity index (χ0) is 47.9. The number of carbonyl (C=O) groups excluding carboxylic acids is 6. The summed E-state index contributed by atoms with van der Waals surface area (Å²) in [6.07, 6.45) is 2.18. The van der Waals surface area contributed by atoms with E-state index < -0.39 is 47.3 Å². The molecule has 18 heteroatoms. The highest BCUT2D eigenvalue weighted by molar-refractivity contribution is 6.33. The van der Waals surface area contributed by atoms with Crippen LogP contribution in [0.1, 0.15) is 70.7 Å². The first-order valence-electron chi connectivity index (χ1n) is 20.8. The molecule has 5 aromatic carbocycles. The first kappa shape index (κ1) is 50.7. The van der Waals surface area contributed by atoms with Gasteiger partial charge in [-0.15, -0.1) is 23.2 Å². The van der Waals surface area contributed by atoms with Gasteiger partial charge < -0.3 is 21.3 Å². The van der Waals surface area contributed by atoms with Gasteiger partial charge in [-0.25, -0.2) is 0 Å². The van der Waals surface area contributed by atoms with E-state index in [0.29, 0.717) is 71.3 Å². The Hall–Kier alpha value is -6.32. The van der Waals surface area contributed by atoms with Gasteiger partial charge in [0.15, 0.2) is 11.6 Å². The van der Waals surface area contributed by atoms with Crippen LogP contribution < -0.4 is 21.3 Å². The summed E-state index contributed by atoms with van der Waals surface area (Å²) in [5.41, 5.74) is 5.73. The summed E-state index contributed by atoms with van der Waals surface area (Å²) < 4.78 is 0. The zero-order valence-corrected chi connectivity index (χ0v) is 39.4. The number of Topliss-reactive ketones (excluding diaryl/α,β-unsaturated/α-hetero) is 2. The molecule has 0 saturated carbocycles. The zero-order valence-electron chi connectivity index (χ0n) is 36.4. The maximum atomic E-state index is 13.6. The summed E-state index contributed by atoms with van der Waals surface area (Å²) in [7, 11) is 0. The number of hydrogen-bond donors (Lipinski definition) is 4. The lowest BCUT2D eigenvalue weighted by molar-refractivity contribution is -0.127. The normalized spacial score (nSPS) is 12.1. The Kier molecular flexibility index (Phi) is 18.6. The first-order chi connectivity index (χ1) is 31.6. The Labute approximate surface area is 402 Å². The van der Waals surface area contributed by atoms with Crippen molar-refractivity contribution in [2.45, 2.75) is 65.5 Å². The molecule has 0 radical (unpaired) electrons. The van der Waals surface area contributed by atoms with Crippen LogP contribution >= 0.6 is 46.4 Å². The van der Waals surface area contributed by atoms with E-state index in [4.69, 9.17) is 46.4 Å². The van der Waals surface area contributed by atoms with E-state index >= 15 is 0 Å². The molecule has 4 amide bonds. The van der Waals surface area contributed by atoms with E-state index in [1.165, 1.54) is 50.2 Å². The number of nitrogens with zero attached hydrogens (tertiary/aromatic N) is 4. The second-order valence-corrected chi connectivity index (χ2v) is 16.3. The minimum absolute atomic E-state index is 0.0623. The van der Waals surface area contributed by atoms with Crippen molar-refractivity contribution >= 4 is 116 Å². The van der Waals surface area contributed by atoms with E-state index in [-0.39, 0.29) is 32.5 Å². The van der Waals surface area contributed by atoms with Gasteiger partial charge >= 0.3 is 0 Å². The minimum Gasteiger partial charge on any atom is -0.323 e. The lowest BCUT2D eigenvalue weighted by Crippen LogP contribution is -2.33. The summed E-state index contributed by atoms with van der Waals surface area (Å²) in [6, 6.07) is 23.2. The molecular formula is C48H46Cl4N8O6. The van der Waals surface area contributed by atoms with Gasteiger partial charge in [-0.3, -0.25) is 28.8 Å². The van der Waals surface area contributed by atoms with Gasteiger partial charge in [0.2, 0.25) is 12.1 Å². The quantitative estimate of drug-likeness (QED) is 0.0340. The van der Waals surface area contributed by atoms with Crippen LogP contribution in [-0.4, -0.2) is 59.0 Å². The van der Waals surface area contributed by atoms with Gasteiger partial charge in [0, 0.05) is 45.6 Å². The van der Waals surface area contributed by atoms with Crippen LogP contribution in [0.3, 0.4) is 0 Å². The number of anilines is 4. The number of aryl methyl sites for hydroxylation is 2. The number of rotatable bonds is 20. The lowest BCUT2D eigenvalue weighted by atomic mass is 9.98. The summed E-state index contributed by atoms with van der Waals surface area (Å²) in [5.74, 6) is -2.71. The van der Waals surface area contributed by atoms with Crippen LogP contribution in [0.2, 0.25) is 10.0 Å². The highest BCUT2D eigenvalue weighted by Crippen LogP contribution is 2.32. The molecule has 0 aliphatic carbocycles. The third-order valence-corrected chi connectivity index (χ3v) is 11.1. The topological polar surface area (TPSA) is 200 Å². The van der Waals surface area contributed by atoms with Crippen LogP contribution in [0.25, 0.3) is 0 Å². The average molecular weight is 973 g/mol. The molecule has 0 saturated heterocycles. The number of azo groups is 2. The van der Waals surface area contributed by atoms with Gasteiger partial charge in [0.05, 0.1) is 10.0 Å². The predicted octanol–water partition coefficient (Wildman–Crippen LogP) is 11.5. The molecule has 5 rings (SSSR count). The van der Waals surface area contributed by atoms with E-state index in [1.807, 2.05) is 38.1 Å². The van der Waals surface area contributed by atoms with Crippen molar-refractivity contribution < 1.29 is 28.8 Å². The number of halogens is 4. The highest BCUT2D eigenvalue weighted by Gasteiger charge is 2.27. The molecule has 0 spiro atoms. The predicted molar refractivity (Wildman–Crippen MR) is 261 cm³/mol. The van der Waals surface area contributed by atoms with Crippen molar-refractivity contribution in [1.29, 1.82) is 0 Å². The molecule has 14 nitrogen and oxygen atoms in total. The van der Waals surface area contributed by atoms with Crippen LogP contribution in [0.4, 0.5) is 34.1 Å². The van der Waals surface area contributed by atoms with Crippen LogP contribution in [-0.2, 0) is 44.9 Å². The molecule has 0 fully saturated rings. The number of ketones is 2. The minimum atomic E-state index is -1.58. The maximum absolute atomic E-state index is 13.6. The highest BCUT2D eigenvalue weighted by atomic mass is 35.5. The van der Waals surface area contributed by atoms with Crippen LogP contribution in [0, 0.1) is 0 Å². The molecule has 0 heterocycles. The number of amides is 4. The van der Waals surface area contributed by atoms with Crippen molar-refractivity contribution in [1.82, 2.24) is 0 Å². The van der Waals surface area contributed by atoms with Crippen molar-refractivity contribution in [3.63, 3.8) is 0 Å². The number of nitrogens with one attached hydrogen (secondary N) is 4. The van der Waals surface area contributed by atoms with Crippen molar-refractivity contribution in [3.8, 4) is 0 Å². The van der Waals surface area contributed by atoms with E-state index in [0.717, 1.165) is 11.1 Å². The number of benzene rings is 5. The number of alkyl halides is 2. The smallest absolute Gasteiger partial charge is 0.258 e. The fourth-order valence-electron chi connectivity index (χ4n) is 6.61. The van der Waals surface area contributed by atoms with Crippen molar-refractivity contribution in [3.05, 3.63) is 140 Å². The Morgan fingerprint density at radius 2 is 0.879 bits per heavy atom. The summed E-state index contributed by atoms with van der Waals surface area (Å²) in [6.45, 7) is 6.09. The van der Waals surface area contributed by atoms with Gasteiger partial charge in [-0.2, -0.15) is 20.5 Å². The number of carbonyl (C=O) groups is 6. The molecule has 0 aliphatic rings.